The van der Waals surface area contributed by atoms with Crippen LogP contribution in [0.3, 0.4) is 0 Å². The molecule has 0 saturated carbocycles. The molecule has 0 rings (SSSR count). The van der Waals surface area contributed by atoms with Gasteiger partial charge in [0.2, 0.25) is 5.24 Å². The maximum atomic E-state index is 10.4. The SMILES string of the molecule is COC(=O)/C=C(\C)C(=O)Cl. The zero-order chi connectivity index (χ0) is 8.15. The summed E-state index contributed by atoms with van der Waals surface area (Å²) in [5.41, 5.74) is 0.175. The zero-order valence-electron chi connectivity index (χ0n) is 5.68. The smallest absolute Gasteiger partial charge is 0.330 e. The van der Waals surface area contributed by atoms with Gasteiger partial charge in [0.15, 0.2) is 0 Å². The van der Waals surface area contributed by atoms with E-state index in [2.05, 4.69) is 4.74 Å². The highest BCUT2D eigenvalue weighted by Gasteiger charge is 2.01. The average Bonchev–Trinajstić information content (AvgIpc) is 1.87. The third kappa shape index (κ3) is 3.25. The average molecular weight is 163 g/mol. The van der Waals surface area contributed by atoms with E-state index in [0.717, 1.165) is 6.08 Å². The molecule has 56 valence electrons. The Labute approximate surface area is 63.6 Å². The van der Waals surface area contributed by atoms with E-state index >= 15 is 0 Å². The third-order valence-corrected chi connectivity index (χ3v) is 1.14. The van der Waals surface area contributed by atoms with E-state index in [1.54, 1.807) is 0 Å². The van der Waals surface area contributed by atoms with Crippen molar-refractivity contribution in [3.63, 3.8) is 0 Å². The van der Waals surface area contributed by atoms with Crippen LogP contribution in [0.2, 0.25) is 0 Å². The highest BCUT2D eigenvalue weighted by atomic mass is 35.5. The van der Waals surface area contributed by atoms with Gasteiger partial charge in [0.05, 0.1) is 7.11 Å². The normalized spacial score (nSPS) is 10.9. The van der Waals surface area contributed by atoms with Gasteiger partial charge in [-0.25, -0.2) is 4.79 Å². The molecule has 0 heterocycles. The van der Waals surface area contributed by atoms with E-state index in [9.17, 15) is 9.59 Å². The number of methoxy groups -OCH3 is 1. The van der Waals surface area contributed by atoms with E-state index in [1.165, 1.54) is 14.0 Å². The highest BCUT2D eigenvalue weighted by Crippen LogP contribution is 1.98. The van der Waals surface area contributed by atoms with Crippen molar-refractivity contribution in [3.8, 4) is 0 Å². The van der Waals surface area contributed by atoms with Gasteiger partial charge in [-0.3, -0.25) is 4.79 Å². The van der Waals surface area contributed by atoms with Crippen LogP contribution >= 0.6 is 11.6 Å². The number of hydrogen-bond donors (Lipinski definition) is 0. The second kappa shape index (κ2) is 4.06. The number of carbonyl (C=O) groups is 2. The van der Waals surface area contributed by atoms with Crippen molar-refractivity contribution in [3.05, 3.63) is 11.6 Å². The minimum Gasteiger partial charge on any atom is -0.466 e. The molecule has 0 saturated heterocycles. The van der Waals surface area contributed by atoms with Crippen molar-refractivity contribution < 1.29 is 14.3 Å². The van der Waals surface area contributed by atoms with E-state index in [0.29, 0.717) is 0 Å². The number of halogens is 1. The first-order valence-corrected chi connectivity index (χ1v) is 2.91. The Morgan fingerprint density at radius 1 is 1.50 bits per heavy atom. The van der Waals surface area contributed by atoms with Crippen LogP contribution in [0, 0.1) is 0 Å². The van der Waals surface area contributed by atoms with Gasteiger partial charge < -0.3 is 4.74 Å². The number of allylic oxidation sites excluding steroid dienone is 1. The fourth-order valence-electron chi connectivity index (χ4n) is 0.292. The molecular weight excluding hydrogens is 156 g/mol. The summed E-state index contributed by atoms with van der Waals surface area (Å²) >= 11 is 5.01. The van der Waals surface area contributed by atoms with Gasteiger partial charge in [0, 0.05) is 11.6 Å². The third-order valence-electron chi connectivity index (χ3n) is 0.846. The van der Waals surface area contributed by atoms with Gasteiger partial charge in [-0.05, 0) is 18.5 Å². The summed E-state index contributed by atoms with van der Waals surface area (Å²) in [5, 5.41) is -0.648. The molecule has 0 aromatic heterocycles. The summed E-state index contributed by atoms with van der Waals surface area (Å²) in [7, 11) is 1.23. The first-order chi connectivity index (χ1) is 4.57. The molecule has 4 heteroatoms. The largest absolute Gasteiger partial charge is 0.466 e. The Kier molecular flexibility index (Phi) is 3.72. The lowest BCUT2D eigenvalue weighted by Gasteiger charge is -1.91. The fourth-order valence-corrected chi connectivity index (χ4v) is 0.347. The molecule has 0 radical (unpaired) electrons. The number of esters is 1. The van der Waals surface area contributed by atoms with Crippen molar-refractivity contribution in [1.82, 2.24) is 0 Å². The summed E-state index contributed by atoms with van der Waals surface area (Å²) in [6.45, 7) is 1.44. The molecule has 3 nitrogen and oxygen atoms in total. The van der Waals surface area contributed by atoms with E-state index in [4.69, 9.17) is 11.6 Å². The van der Waals surface area contributed by atoms with Gasteiger partial charge in [0.1, 0.15) is 0 Å². The van der Waals surface area contributed by atoms with Crippen LogP contribution in [0.15, 0.2) is 11.6 Å². The Morgan fingerprint density at radius 3 is 2.30 bits per heavy atom. The second-order valence-corrected chi connectivity index (χ2v) is 1.97. The molecular formula is C6H7ClO3. The predicted octanol–water partition coefficient (Wildman–Crippen LogP) is 0.871. The van der Waals surface area contributed by atoms with Gasteiger partial charge >= 0.3 is 5.97 Å². The molecule has 0 amide bonds. The van der Waals surface area contributed by atoms with Gasteiger partial charge in [0.25, 0.3) is 0 Å². The van der Waals surface area contributed by atoms with Crippen LogP contribution in [0.1, 0.15) is 6.92 Å². The minimum atomic E-state index is -0.648. The van der Waals surface area contributed by atoms with Crippen molar-refractivity contribution in [2.75, 3.05) is 7.11 Å². The van der Waals surface area contributed by atoms with Crippen molar-refractivity contribution in [2.45, 2.75) is 6.92 Å². The topological polar surface area (TPSA) is 43.4 Å². The van der Waals surface area contributed by atoms with Crippen LogP contribution < -0.4 is 0 Å². The quantitative estimate of drug-likeness (QED) is 0.344. The summed E-state index contributed by atoms with van der Waals surface area (Å²) in [6.07, 6.45) is 1.04. The number of carbonyl (C=O) groups excluding carboxylic acids is 2. The van der Waals surface area contributed by atoms with Crippen LogP contribution in [0.5, 0.6) is 0 Å². The molecule has 0 aliphatic carbocycles. The molecule has 0 atom stereocenters. The van der Waals surface area contributed by atoms with Crippen LogP contribution in [0.25, 0.3) is 0 Å². The molecule has 0 unspecified atom stereocenters. The fraction of sp³-hybridized carbons (Fsp3) is 0.333. The molecule has 0 aromatic carbocycles. The summed E-state index contributed by atoms with van der Waals surface area (Å²) in [5.74, 6) is -0.577. The molecule has 0 aliphatic rings. The van der Waals surface area contributed by atoms with Crippen LogP contribution in [-0.4, -0.2) is 18.3 Å². The van der Waals surface area contributed by atoms with Crippen molar-refractivity contribution in [1.29, 1.82) is 0 Å². The molecule has 0 bridgehead atoms. The minimum absolute atomic E-state index is 0.175. The van der Waals surface area contributed by atoms with Gasteiger partial charge in [-0.15, -0.1) is 0 Å². The van der Waals surface area contributed by atoms with E-state index < -0.39 is 11.2 Å². The van der Waals surface area contributed by atoms with E-state index in [-0.39, 0.29) is 5.57 Å². The maximum absolute atomic E-state index is 10.4. The lowest BCUT2D eigenvalue weighted by Crippen LogP contribution is -1.98. The Morgan fingerprint density at radius 2 is 2.00 bits per heavy atom. The van der Waals surface area contributed by atoms with Crippen molar-refractivity contribution in [2.24, 2.45) is 0 Å². The number of rotatable bonds is 2. The molecule has 0 spiro atoms. The van der Waals surface area contributed by atoms with Crippen LogP contribution in [0.4, 0.5) is 0 Å². The summed E-state index contributed by atoms with van der Waals surface area (Å²) < 4.78 is 4.24. The number of ether oxygens (including phenoxy) is 1. The standard InChI is InChI=1S/C6H7ClO3/c1-4(6(7)9)3-5(8)10-2/h3H,1-2H3/b4-3+. The van der Waals surface area contributed by atoms with Crippen molar-refractivity contribution >= 4 is 22.8 Å². The lowest BCUT2D eigenvalue weighted by molar-refractivity contribution is -0.135. The van der Waals surface area contributed by atoms with Gasteiger partial charge in [-0.1, -0.05) is 0 Å². The van der Waals surface area contributed by atoms with Gasteiger partial charge in [-0.2, -0.15) is 0 Å². The Balaban J connectivity index is 4.16. The first-order valence-electron chi connectivity index (χ1n) is 2.54. The molecule has 0 N–H and O–H groups in total. The highest BCUT2D eigenvalue weighted by molar-refractivity contribution is 6.67. The molecule has 10 heavy (non-hydrogen) atoms. The predicted molar refractivity (Wildman–Crippen MR) is 36.6 cm³/mol. The number of hydrogen-bond acceptors (Lipinski definition) is 3. The maximum Gasteiger partial charge on any atom is 0.330 e. The zero-order valence-corrected chi connectivity index (χ0v) is 6.44. The Bertz CT molecular complexity index is 183. The van der Waals surface area contributed by atoms with Crippen LogP contribution in [-0.2, 0) is 14.3 Å². The lowest BCUT2D eigenvalue weighted by atomic mass is 10.3. The Hall–Kier alpha value is -0.830. The second-order valence-electron chi connectivity index (χ2n) is 1.62. The summed E-state index contributed by atoms with van der Waals surface area (Å²) in [4.78, 5) is 20.7. The molecule has 0 aliphatic heterocycles. The molecule has 0 aromatic rings. The van der Waals surface area contributed by atoms with E-state index in [1.807, 2.05) is 0 Å². The summed E-state index contributed by atoms with van der Waals surface area (Å²) in [6, 6.07) is 0. The monoisotopic (exact) mass is 162 g/mol. The first kappa shape index (κ1) is 9.17. The molecule has 0 fully saturated rings.